The van der Waals surface area contributed by atoms with Crippen LogP contribution in [0.4, 0.5) is 0 Å². The van der Waals surface area contributed by atoms with Crippen molar-refractivity contribution in [1.82, 2.24) is 19.5 Å². The molecule has 22 heavy (non-hydrogen) atoms. The standard InChI is InChI=1S/C18H24N4.H2/c1-6-12(4)14-7-8-15-17(19-14)21-18(20-15)16-9-13(11(2)3)10-22(16)5;/h7-12H,6H2,1-5H3,(H,19,20,21);1H. The minimum atomic E-state index is 0. The van der Waals surface area contributed by atoms with Gasteiger partial charge in [0, 0.05) is 20.4 Å². The predicted octanol–water partition coefficient (Wildman–Crippen LogP) is 4.85. The van der Waals surface area contributed by atoms with E-state index in [0.29, 0.717) is 11.8 Å². The zero-order valence-electron chi connectivity index (χ0n) is 14.0. The first-order chi connectivity index (χ1) is 10.5. The van der Waals surface area contributed by atoms with Gasteiger partial charge in [-0.15, -0.1) is 0 Å². The Morgan fingerprint density at radius 3 is 2.64 bits per heavy atom. The van der Waals surface area contributed by atoms with E-state index in [4.69, 9.17) is 9.97 Å². The third-order valence-electron chi connectivity index (χ3n) is 4.42. The Kier molecular flexibility index (Phi) is 3.77. The summed E-state index contributed by atoms with van der Waals surface area (Å²) in [5.41, 5.74) is 5.34. The average molecular weight is 298 g/mol. The van der Waals surface area contributed by atoms with E-state index in [1.165, 1.54) is 5.56 Å². The summed E-state index contributed by atoms with van der Waals surface area (Å²) in [6.45, 7) is 8.80. The van der Waals surface area contributed by atoms with Crippen LogP contribution >= 0.6 is 0 Å². The summed E-state index contributed by atoms with van der Waals surface area (Å²) in [7, 11) is 2.06. The Hall–Kier alpha value is -2.10. The lowest BCUT2D eigenvalue weighted by Gasteiger charge is -2.06. The number of pyridine rings is 1. The van der Waals surface area contributed by atoms with Crippen molar-refractivity contribution in [3.63, 3.8) is 0 Å². The number of hydrogen-bond donors (Lipinski definition) is 1. The van der Waals surface area contributed by atoms with E-state index in [1.54, 1.807) is 0 Å². The molecule has 3 aromatic heterocycles. The molecule has 3 rings (SSSR count). The summed E-state index contributed by atoms with van der Waals surface area (Å²) in [6.07, 6.45) is 3.26. The monoisotopic (exact) mass is 298 g/mol. The number of H-pyrrole nitrogens is 1. The normalized spacial score (nSPS) is 13.2. The predicted molar refractivity (Wildman–Crippen MR) is 93.2 cm³/mol. The van der Waals surface area contributed by atoms with Gasteiger partial charge >= 0.3 is 0 Å². The van der Waals surface area contributed by atoms with E-state index in [2.05, 4.69) is 68.7 Å². The lowest BCUT2D eigenvalue weighted by atomic mass is 10.0. The zero-order chi connectivity index (χ0) is 15.9. The largest absolute Gasteiger partial charge is 0.348 e. The smallest absolute Gasteiger partial charge is 0.178 e. The fraction of sp³-hybridized carbons (Fsp3) is 0.444. The van der Waals surface area contributed by atoms with Crippen LogP contribution in [0.2, 0.25) is 0 Å². The van der Waals surface area contributed by atoms with Gasteiger partial charge in [0.05, 0.1) is 11.2 Å². The van der Waals surface area contributed by atoms with Gasteiger partial charge in [-0.25, -0.2) is 9.97 Å². The molecule has 0 aromatic carbocycles. The minimum absolute atomic E-state index is 0. The molecule has 0 saturated heterocycles. The van der Waals surface area contributed by atoms with E-state index in [0.717, 1.165) is 34.8 Å². The Balaban J connectivity index is 0.00000192. The molecule has 1 atom stereocenters. The number of aryl methyl sites for hydroxylation is 1. The SMILES string of the molecule is CCC(C)c1ccc2[nH]c(-c3cc(C(C)C)cn3C)nc2n1.[HH]. The number of hydrogen-bond acceptors (Lipinski definition) is 2. The zero-order valence-corrected chi connectivity index (χ0v) is 14.0. The topological polar surface area (TPSA) is 46.5 Å². The fourth-order valence-electron chi connectivity index (χ4n) is 2.65. The molecule has 1 unspecified atom stereocenters. The number of aromatic nitrogens is 4. The van der Waals surface area contributed by atoms with Crippen LogP contribution < -0.4 is 0 Å². The van der Waals surface area contributed by atoms with E-state index in [-0.39, 0.29) is 1.43 Å². The highest BCUT2D eigenvalue weighted by Gasteiger charge is 2.14. The molecule has 0 amide bonds. The number of fused-ring (bicyclic) bond motifs is 1. The molecule has 0 aliphatic rings. The van der Waals surface area contributed by atoms with Crippen molar-refractivity contribution in [3.8, 4) is 11.5 Å². The first-order valence-corrected chi connectivity index (χ1v) is 8.02. The van der Waals surface area contributed by atoms with Crippen LogP contribution in [0.1, 0.15) is 58.6 Å². The maximum absolute atomic E-state index is 4.71. The van der Waals surface area contributed by atoms with E-state index < -0.39 is 0 Å². The molecular weight excluding hydrogens is 272 g/mol. The molecule has 0 aliphatic heterocycles. The molecular formula is C18H26N4. The van der Waals surface area contributed by atoms with Crippen molar-refractivity contribution >= 4 is 11.2 Å². The van der Waals surface area contributed by atoms with Crippen molar-refractivity contribution < 1.29 is 1.43 Å². The van der Waals surface area contributed by atoms with Gasteiger partial charge in [0.1, 0.15) is 0 Å². The molecule has 0 saturated carbocycles. The third kappa shape index (κ3) is 2.54. The number of rotatable bonds is 4. The molecule has 0 spiro atoms. The molecule has 3 aromatic rings. The Morgan fingerprint density at radius 2 is 2.00 bits per heavy atom. The lowest BCUT2D eigenvalue weighted by Crippen LogP contribution is -1.95. The summed E-state index contributed by atoms with van der Waals surface area (Å²) in [6, 6.07) is 6.40. The molecule has 0 aliphatic carbocycles. The van der Waals surface area contributed by atoms with Crippen LogP contribution in [-0.4, -0.2) is 19.5 Å². The van der Waals surface area contributed by atoms with E-state index in [1.807, 2.05) is 0 Å². The number of nitrogens with one attached hydrogen (secondary N) is 1. The van der Waals surface area contributed by atoms with Gasteiger partial charge in [-0.3, -0.25) is 0 Å². The minimum Gasteiger partial charge on any atom is -0.348 e. The molecule has 3 heterocycles. The Bertz CT molecular complexity index is 801. The Morgan fingerprint density at radius 1 is 1.23 bits per heavy atom. The van der Waals surface area contributed by atoms with Gasteiger partial charge in [0.15, 0.2) is 11.5 Å². The molecule has 4 heteroatoms. The van der Waals surface area contributed by atoms with Crippen molar-refractivity contribution in [3.05, 3.63) is 35.7 Å². The summed E-state index contributed by atoms with van der Waals surface area (Å²) in [5, 5.41) is 0. The lowest BCUT2D eigenvalue weighted by molar-refractivity contribution is 0.711. The second kappa shape index (κ2) is 5.59. The quantitative estimate of drug-likeness (QED) is 0.748. The van der Waals surface area contributed by atoms with Crippen molar-refractivity contribution in [2.45, 2.75) is 46.0 Å². The molecule has 4 nitrogen and oxygen atoms in total. The van der Waals surface area contributed by atoms with Crippen molar-refractivity contribution in [2.75, 3.05) is 0 Å². The highest BCUT2D eigenvalue weighted by atomic mass is 15.0. The second-order valence-corrected chi connectivity index (χ2v) is 6.43. The van der Waals surface area contributed by atoms with Crippen LogP contribution in [0.25, 0.3) is 22.7 Å². The molecule has 0 fully saturated rings. The summed E-state index contributed by atoms with van der Waals surface area (Å²) in [5.74, 6) is 1.87. The van der Waals surface area contributed by atoms with Gasteiger partial charge in [-0.2, -0.15) is 0 Å². The summed E-state index contributed by atoms with van der Waals surface area (Å²) < 4.78 is 2.13. The van der Waals surface area contributed by atoms with Crippen molar-refractivity contribution in [1.29, 1.82) is 0 Å². The van der Waals surface area contributed by atoms with Crippen LogP contribution in [0, 0.1) is 0 Å². The summed E-state index contributed by atoms with van der Waals surface area (Å²) in [4.78, 5) is 12.8. The molecule has 0 bridgehead atoms. The third-order valence-corrected chi connectivity index (χ3v) is 4.42. The van der Waals surface area contributed by atoms with Gasteiger partial charge in [0.25, 0.3) is 0 Å². The Labute approximate surface area is 133 Å². The number of aromatic amines is 1. The van der Waals surface area contributed by atoms with Crippen LogP contribution in [-0.2, 0) is 7.05 Å². The van der Waals surface area contributed by atoms with E-state index in [9.17, 15) is 0 Å². The number of nitrogens with zero attached hydrogens (tertiary/aromatic N) is 3. The maximum atomic E-state index is 4.71. The van der Waals surface area contributed by atoms with Gasteiger partial charge in [0.2, 0.25) is 0 Å². The van der Waals surface area contributed by atoms with E-state index >= 15 is 0 Å². The number of imidazole rings is 1. The molecule has 0 radical (unpaired) electrons. The maximum Gasteiger partial charge on any atom is 0.178 e. The van der Waals surface area contributed by atoms with Crippen molar-refractivity contribution in [2.24, 2.45) is 7.05 Å². The highest BCUT2D eigenvalue weighted by Crippen LogP contribution is 2.26. The van der Waals surface area contributed by atoms with Crippen LogP contribution in [0.3, 0.4) is 0 Å². The van der Waals surface area contributed by atoms with Gasteiger partial charge in [-0.1, -0.05) is 27.7 Å². The van der Waals surface area contributed by atoms with Crippen LogP contribution in [0.5, 0.6) is 0 Å². The average Bonchev–Trinajstić information content (AvgIpc) is 3.08. The van der Waals surface area contributed by atoms with Crippen LogP contribution in [0.15, 0.2) is 24.4 Å². The van der Waals surface area contributed by atoms with Gasteiger partial charge < -0.3 is 9.55 Å². The fourth-order valence-corrected chi connectivity index (χ4v) is 2.65. The summed E-state index contributed by atoms with van der Waals surface area (Å²) >= 11 is 0. The van der Waals surface area contributed by atoms with Gasteiger partial charge in [-0.05, 0) is 42.0 Å². The molecule has 118 valence electrons. The molecule has 1 N–H and O–H groups in total. The first-order valence-electron chi connectivity index (χ1n) is 8.02. The second-order valence-electron chi connectivity index (χ2n) is 6.43. The first kappa shape index (κ1) is 14.8. The highest BCUT2D eigenvalue weighted by molar-refractivity contribution is 5.75.